The van der Waals surface area contributed by atoms with Gasteiger partial charge in [-0.2, -0.15) is 11.8 Å². The van der Waals surface area contributed by atoms with E-state index in [1.54, 1.807) is 36.0 Å². The fourth-order valence-electron chi connectivity index (χ4n) is 2.63. The van der Waals surface area contributed by atoms with Gasteiger partial charge >= 0.3 is 6.03 Å². The molecule has 0 radical (unpaired) electrons. The molecule has 0 saturated heterocycles. The normalized spacial score (nSPS) is 13.0. The van der Waals surface area contributed by atoms with Gasteiger partial charge < -0.3 is 11.1 Å². The zero-order valence-electron chi connectivity index (χ0n) is 13.5. The fraction of sp³-hybridized carbons (Fsp3) is 0.235. The number of hydrogen-bond acceptors (Lipinski definition) is 5. The smallest absolute Gasteiger partial charge is 0.324 e. The number of thioether (sulfide) groups is 1. The fourth-order valence-corrected chi connectivity index (χ4v) is 5.02. The number of amides is 3. The quantitative estimate of drug-likeness (QED) is 0.712. The van der Waals surface area contributed by atoms with Crippen LogP contribution in [0.1, 0.15) is 38.1 Å². The Balaban J connectivity index is 1.75. The van der Waals surface area contributed by atoms with E-state index < -0.39 is 11.9 Å². The number of carbonyl (C=O) groups is 3. The van der Waals surface area contributed by atoms with Crippen molar-refractivity contribution in [1.29, 1.82) is 0 Å². The summed E-state index contributed by atoms with van der Waals surface area (Å²) in [5, 5.41) is 5.90. The molecule has 0 unspecified atom stereocenters. The van der Waals surface area contributed by atoms with Crippen LogP contribution in [0.5, 0.6) is 0 Å². The standard InChI is InChI=1S/C17H17N3O3S2/c1-9(21)10-2-4-11(5-3-10)19-17(23)20-16-14(15(18)22)12-6-7-24-8-13(12)25-16/h2-5H,6-8H2,1H3,(H2,18,22)(H2,19,20,23). The topological polar surface area (TPSA) is 101 Å². The highest BCUT2D eigenvalue weighted by Gasteiger charge is 2.25. The number of nitrogens with one attached hydrogen (secondary N) is 2. The molecule has 0 bridgehead atoms. The van der Waals surface area contributed by atoms with E-state index in [9.17, 15) is 14.4 Å². The van der Waals surface area contributed by atoms with Crippen molar-refractivity contribution in [2.24, 2.45) is 5.73 Å². The SMILES string of the molecule is CC(=O)c1ccc(NC(=O)Nc2sc3c(c2C(N)=O)CCSC3)cc1. The minimum atomic E-state index is -0.523. The van der Waals surface area contributed by atoms with E-state index in [-0.39, 0.29) is 5.78 Å². The number of Topliss-reactive ketones (excluding diaryl/α,β-unsaturated/α-hetero) is 1. The first-order valence-electron chi connectivity index (χ1n) is 7.67. The summed E-state index contributed by atoms with van der Waals surface area (Å²) < 4.78 is 0. The Labute approximate surface area is 153 Å². The van der Waals surface area contributed by atoms with Gasteiger partial charge in [0.05, 0.1) is 5.56 Å². The molecule has 0 spiro atoms. The second-order valence-electron chi connectivity index (χ2n) is 5.59. The number of anilines is 2. The molecule has 6 nitrogen and oxygen atoms in total. The van der Waals surface area contributed by atoms with Crippen molar-refractivity contribution in [3.8, 4) is 0 Å². The predicted molar refractivity (Wildman–Crippen MR) is 102 cm³/mol. The van der Waals surface area contributed by atoms with E-state index in [2.05, 4.69) is 10.6 Å². The summed E-state index contributed by atoms with van der Waals surface area (Å²) in [6, 6.07) is 6.15. The van der Waals surface area contributed by atoms with Crippen LogP contribution in [-0.2, 0) is 12.2 Å². The van der Waals surface area contributed by atoms with Gasteiger partial charge in [-0.3, -0.25) is 14.9 Å². The summed E-state index contributed by atoms with van der Waals surface area (Å²) in [5.74, 6) is 1.21. The van der Waals surface area contributed by atoms with E-state index in [4.69, 9.17) is 5.73 Å². The van der Waals surface area contributed by atoms with Crippen molar-refractivity contribution in [3.63, 3.8) is 0 Å². The second-order valence-corrected chi connectivity index (χ2v) is 7.80. The molecule has 1 aliphatic rings. The first-order valence-corrected chi connectivity index (χ1v) is 9.64. The van der Waals surface area contributed by atoms with Crippen LogP contribution in [-0.4, -0.2) is 23.5 Å². The average Bonchev–Trinajstić information content (AvgIpc) is 2.92. The third-order valence-corrected chi connectivity index (χ3v) is 6.16. The largest absolute Gasteiger partial charge is 0.365 e. The van der Waals surface area contributed by atoms with Gasteiger partial charge in [-0.15, -0.1) is 11.3 Å². The Hall–Kier alpha value is -2.32. The van der Waals surface area contributed by atoms with Crippen molar-refractivity contribution in [1.82, 2.24) is 0 Å². The molecule has 0 saturated carbocycles. The number of rotatable bonds is 4. The highest BCUT2D eigenvalue weighted by Crippen LogP contribution is 2.39. The van der Waals surface area contributed by atoms with Crippen LogP contribution in [0.25, 0.3) is 0 Å². The zero-order chi connectivity index (χ0) is 18.0. The maximum absolute atomic E-state index is 12.2. The van der Waals surface area contributed by atoms with Gasteiger partial charge in [-0.25, -0.2) is 4.79 Å². The van der Waals surface area contributed by atoms with Crippen LogP contribution < -0.4 is 16.4 Å². The van der Waals surface area contributed by atoms with Gasteiger partial charge in [-0.1, -0.05) is 0 Å². The zero-order valence-corrected chi connectivity index (χ0v) is 15.2. The molecule has 0 aliphatic carbocycles. The van der Waals surface area contributed by atoms with E-state index >= 15 is 0 Å². The van der Waals surface area contributed by atoms with Crippen LogP contribution in [0, 0.1) is 0 Å². The predicted octanol–water partition coefficient (Wildman–Crippen LogP) is 3.48. The highest BCUT2D eigenvalue weighted by atomic mass is 32.2. The van der Waals surface area contributed by atoms with Crippen LogP contribution in [0.2, 0.25) is 0 Å². The van der Waals surface area contributed by atoms with Crippen molar-refractivity contribution < 1.29 is 14.4 Å². The third kappa shape index (κ3) is 3.85. The molecule has 2 aromatic rings. The maximum Gasteiger partial charge on any atom is 0.324 e. The van der Waals surface area contributed by atoms with E-state index in [1.807, 2.05) is 0 Å². The number of fused-ring (bicyclic) bond motifs is 1. The summed E-state index contributed by atoms with van der Waals surface area (Å²) in [6.45, 7) is 1.48. The van der Waals surface area contributed by atoms with E-state index in [0.29, 0.717) is 21.8 Å². The number of ketones is 1. The lowest BCUT2D eigenvalue weighted by Crippen LogP contribution is -2.22. The van der Waals surface area contributed by atoms with Crippen LogP contribution in [0.4, 0.5) is 15.5 Å². The van der Waals surface area contributed by atoms with Crippen LogP contribution in [0.15, 0.2) is 24.3 Å². The lowest BCUT2D eigenvalue weighted by molar-refractivity contribution is 0.0996. The van der Waals surface area contributed by atoms with Crippen molar-refractivity contribution in [2.45, 2.75) is 19.1 Å². The molecule has 3 amide bonds. The van der Waals surface area contributed by atoms with Crippen molar-refractivity contribution in [2.75, 3.05) is 16.4 Å². The molecule has 0 atom stereocenters. The summed E-state index contributed by atoms with van der Waals surface area (Å²) >= 11 is 3.20. The van der Waals surface area contributed by atoms with E-state index in [0.717, 1.165) is 28.4 Å². The first-order chi connectivity index (χ1) is 12.0. The highest BCUT2D eigenvalue weighted by molar-refractivity contribution is 7.98. The van der Waals surface area contributed by atoms with Crippen molar-refractivity contribution in [3.05, 3.63) is 45.8 Å². The second kappa shape index (κ2) is 7.28. The number of benzene rings is 1. The van der Waals surface area contributed by atoms with Gasteiger partial charge in [0.1, 0.15) is 5.00 Å². The Morgan fingerprint density at radius 2 is 1.84 bits per heavy atom. The van der Waals surface area contributed by atoms with Gasteiger partial charge in [-0.05, 0) is 48.9 Å². The summed E-state index contributed by atoms with van der Waals surface area (Å²) in [4.78, 5) is 36.4. The minimum Gasteiger partial charge on any atom is -0.365 e. The number of thiophene rings is 1. The monoisotopic (exact) mass is 375 g/mol. The van der Waals surface area contributed by atoms with Crippen LogP contribution >= 0.6 is 23.1 Å². The molecule has 0 fully saturated rings. The number of nitrogens with two attached hydrogens (primary N) is 1. The van der Waals surface area contributed by atoms with E-state index in [1.165, 1.54) is 18.3 Å². The van der Waals surface area contributed by atoms with Gasteiger partial charge in [0, 0.05) is 21.9 Å². The van der Waals surface area contributed by atoms with Crippen LogP contribution in [0.3, 0.4) is 0 Å². The molecule has 1 aliphatic heterocycles. The number of urea groups is 1. The summed E-state index contributed by atoms with van der Waals surface area (Å²) in [6.07, 6.45) is 0.782. The maximum atomic E-state index is 12.2. The average molecular weight is 375 g/mol. The molecule has 8 heteroatoms. The Kier molecular flexibility index (Phi) is 5.10. The van der Waals surface area contributed by atoms with Gasteiger partial charge in [0.15, 0.2) is 5.78 Å². The Bertz CT molecular complexity index is 844. The summed E-state index contributed by atoms with van der Waals surface area (Å²) in [7, 11) is 0. The molecular weight excluding hydrogens is 358 g/mol. The number of carbonyl (C=O) groups excluding carboxylic acids is 3. The molecule has 25 heavy (non-hydrogen) atoms. The molecule has 4 N–H and O–H groups in total. The molecule has 1 aromatic heterocycles. The Morgan fingerprint density at radius 1 is 1.12 bits per heavy atom. The molecule has 2 heterocycles. The number of hydrogen-bond donors (Lipinski definition) is 3. The number of primary amides is 1. The molecule has 130 valence electrons. The lowest BCUT2D eigenvalue weighted by Gasteiger charge is -2.11. The lowest BCUT2D eigenvalue weighted by atomic mass is 10.1. The van der Waals surface area contributed by atoms with Gasteiger partial charge in [0.2, 0.25) is 0 Å². The van der Waals surface area contributed by atoms with Gasteiger partial charge in [0.25, 0.3) is 5.91 Å². The molecule has 3 rings (SSSR count). The third-order valence-electron chi connectivity index (χ3n) is 3.84. The Morgan fingerprint density at radius 3 is 2.48 bits per heavy atom. The van der Waals surface area contributed by atoms with Crippen molar-refractivity contribution >= 4 is 51.5 Å². The summed E-state index contributed by atoms with van der Waals surface area (Å²) in [5.41, 5.74) is 8.02. The molecule has 1 aromatic carbocycles. The molecular formula is C17H17N3O3S2. The minimum absolute atomic E-state index is 0.0378. The first kappa shape index (κ1) is 17.5.